The molecule has 11 heavy (non-hydrogen) atoms. The first-order valence-electron chi connectivity index (χ1n) is 3.84. The Labute approximate surface area is 73.2 Å². The summed E-state index contributed by atoms with van der Waals surface area (Å²) < 4.78 is 0. The predicted molar refractivity (Wildman–Crippen MR) is 53.2 cm³/mol. The van der Waals surface area contributed by atoms with Crippen molar-refractivity contribution in [1.82, 2.24) is 0 Å². The van der Waals surface area contributed by atoms with Crippen LogP contribution in [-0.4, -0.2) is 4.86 Å². The Bertz CT molecular complexity index is 246. The number of hydrogen-bond donors (Lipinski definition) is 0. The molecule has 0 atom stereocenters. The molecule has 0 N–H and O–H groups in total. The van der Waals surface area contributed by atoms with E-state index in [1.165, 1.54) is 5.56 Å². The zero-order valence-corrected chi connectivity index (χ0v) is 7.74. The number of benzene rings is 1. The summed E-state index contributed by atoms with van der Waals surface area (Å²) in [5.74, 6) is 0. The summed E-state index contributed by atoms with van der Waals surface area (Å²) in [6.07, 6.45) is 1.09. The molecule has 1 heteroatoms. The molecule has 0 saturated carbocycles. The first-order chi connectivity index (χ1) is 5.24. The van der Waals surface area contributed by atoms with Crippen molar-refractivity contribution in [2.45, 2.75) is 20.3 Å². The number of thiocarbonyl (C=S) groups is 1. The van der Waals surface area contributed by atoms with Gasteiger partial charge >= 0.3 is 0 Å². The van der Waals surface area contributed by atoms with Gasteiger partial charge in [-0.3, -0.25) is 0 Å². The van der Waals surface area contributed by atoms with Gasteiger partial charge in [-0.1, -0.05) is 43.4 Å². The highest BCUT2D eigenvalue weighted by Crippen LogP contribution is 2.05. The van der Waals surface area contributed by atoms with Crippen LogP contribution in [0.1, 0.15) is 25.0 Å². The Balaban J connectivity index is 2.91. The van der Waals surface area contributed by atoms with Crippen molar-refractivity contribution in [3.63, 3.8) is 0 Å². The molecule has 0 saturated heterocycles. The van der Waals surface area contributed by atoms with Crippen LogP contribution in [0.15, 0.2) is 24.3 Å². The molecule has 1 aromatic carbocycles. The lowest BCUT2D eigenvalue weighted by molar-refractivity contribution is 1.14. The van der Waals surface area contributed by atoms with Gasteiger partial charge in [0.05, 0.1) is 0 Å². The van der Waals surface area contributed by atoms with Gasteiger partial charge in [0.15, 0.2) is 0 Å². The minimum Gasteiger partial charge on any atom is -0.0846 e. The number of hydrogen-bond acceptors (Lipinski definition) is 1. The third-order valence-electron chi connectivity index (χ3n) is 1.77. The number of rotatable bonds is 2. The normalized spacial score (nSPS) is 9.64. The standard InChI is InChI=1S/C10H12S/c1-3-9-4-6-10(7-5-9)8(2)11/h4-7H,3H2,1-2H3. The molecule has 0 amide bonds. The van der Waals surface area contributed by atoms with Crippen LogP contribution < -0.4 is 0 Å². The van der Waals surface area contributed by atoms with Crippen molar-refractivity contribution < 1.29 is 0 Å². The molecule has 0 radical (unpaired) electrons. The molecular formula is C10H12S. The maximum Gasteiger partial charge on any atom is 0.0193 e. The van der Waals surface area contributed by atoms with Crippen molar-refractivity contribution in [2.75, 3.05) is 0 Å². The molecule has 0 aromatic heterocycles. The summed E-state index contributed by atoms with van der Waals surface area (Å²) in [7, 11) is 0. The predicted octanol–water partition coefficient (Wildman–Crippen LogP) is 2.99. The molecule has 0 aliphatic heterocycles. The fourth-order valence-corrected chi connectivity index (χ4v) is 1.11. The summed E-state index contributed by atoms with van der Waals surface area (Å²) in [6, 6.07) is 8.43. The van der Waals surface area contributed by atoms with Crippen LogP contribution in [0.2, 0.25) is 0 Å². The van der Waals surface area contributed by atoms with Crippen LogP contribution in [-0.2, 0) is 6.42 Å². The Morgan fingerprint density at radius 3 is 2.18 bits per heavy atom. The van der Waals surface area contributed by atoms with E-state index in [0.29, 0.717) is 0 Å². The lowest BCUT2D eigenvalue weighted by atomic mass is 10.1. The van der Waals surface area contributed by atoms with Crippen LogP contribution in [0, 0.1) is 0 Å². The van der Waals surface area contributed by atoms with Crippen LogP contribution in [0.5, 0.6) is 0 Å². The van der Waals surface area contributed by atoms with Crippen molar-refractivity contribution in [3.05, 3.63) is 35.4 Å². The molecule has 0 spiro atoms. The van der Waals surface area contributed by atoms with E-state index in [1.807, 2.05) is 6.92 Å². The second-order valence-corrected chi connectivity index (χ2v) is 3.22. The highest BCUT2D eigenvalue weighted by atomic mass is 32.1. The Morgan fingerprint density at radius 1 is 1.27 bits per heavy atom. The molecular weight excluding hydrogens is 152 g/mol. The SMILES string of the molecule is CCc1ccc(C(C)=S)cc1. The monoisotopic (exact) mass is 164 g/mol. The fourth-order valence-electron chi connectivity index (χ4n) is 0.975. The fraction of sp³-hybridized carbons (Fsp3) is 0.300. The van der Waals surface area contributed by atoms with Crippen LogP contribution in [0.25, 0.3) is 0 Å². The Hall–Kier alpha value is -0.690. The highest BCUT2D eigenvalue weighted by Gasteiger charge is 1.93. The van der Waals surface area contributed by atoms with Gasteiger partial charge in [-0.15, -0.1) is 0 Å². The van der Waals surface area contributed by atoms with E-state index in [2.05, 4.69) is 31.2 Å². The van der Waals surface area contributed by atoms with Gasteiger partial charge in [0.25, 0.3) is 0 Å². The highest BCUT2D eigenvalue weighted by molar-refractivity contribution is 7.80. The largest absolute Gasteiger partial charge is 0.0846 e. The second-order valence-electron chi connectivity index (χ2n) is 2.61. The topological polar surface area (TPSA) is 0 Å². The van der Waals surface area contributed by atoms with E-state index in [0.717, 1.165) is 16.8 Å². The molecule has 0 aliphatic carbocycles. The zero-order chi connectivity index (χ0) is 8.27. The Morgan fingerprint density at radius 2 is 1.82 bits per heavy atom. The van der Waals surface area contributed by atoms with Gasteiger partial charge in [-0.05, 0) is 24.5 Å². The maximum absolute atomic E-state index is 5.04. The molecule has 0 unspecified atom stereocenters. The Kier molecular flexibility index (Phi) is 2.77. The number of aryl methyl sites for hydroxylation is 1. The van der Waals surface area contributed by atoms with Crippen LogP contribution in [0.4, 0.5) is 0 Å². The van der Waals surface area contributed by atoms with E-state index < -0.39 is 0 Å². The minimum absolute atomic E-state index is 0.965. The van der Waals surface area contributed by atoms with E-state index in [1.54, 1.807) is 0 Å². The molecule has 0 nitrogen and oxygen atoms in total. The summed E-state index contributed by atoms with van der Waals surface area (Å²) >= 11 is 5.04. The quantitative estimate of drug-likeness (QED) is 0.478. The first kappa shape index (κ1) is 8.41. The van der Waals surface area contributed by atoms with Gasteiger partial charge in [0.2, 0.25) is 0 Å². The minimum atomic E-state index is 0.965. The van der Waals surface area contributed by atoms with Gasteiger partial charge in [0, 0.05) is 4.86 Å². The molecule has 1 rings (SSSR count). The van der Waals surface area contributed by atoms with Crippen molar-refractivity contribution in [3.8, 4) is 0 Å². The second kappa shape index (κ2) is 3.63. The van der Waals surface area contributed by atoms with Gasteiger partial charge < -0.3 is 0 Å². The summed E-state index contributed by atoms with van der Waals surface area (Å²) in [5, 5.41) is 0. The zero-order valence-electron chi connectivity index (χ0n) is 6.92. The lowest BCUT2D eigenvalue weighted by Crippen LogP contribution is -1.89. The van der Waals surface area contributed by atoms with Crippen molar-refractivity contribution in [1.29, 1.82) is 0 Å². The van der Waals surface area contributed by atoms with Gasteiger partial charge in [-0.25, -0.2) is 0 Å². The van der Waals surface area contributed by atoms with E-state index in [-0.39, 0.29) is 0 Å². The average Bonchev–Trinajstić information content (AvgIpc) is 2.05. The maximum atomic E-state index is 5.04. The van der Waals surface area contributed by atoms with E-state index in [9.17, 15) is 0 Å². The smallest absolute Gasteiger partial charge is 0.0193 e. The molecule has 1 aromatic rings. The van der Waals surface area contributed by atoms with Gasteiger partial charge in [0.1, 0.15) is 0 Å². The van der Waals surface area contributed by atoms with Crippen LogP contribution in [0.3, 0.4) is 0 Å². The average molecular weight is 164 g/mol. The summed E-state index contributed by atoms with van der Waals surface area (Å²) in [6.45, 7) is 4.11. The van der Waals surface area contributed by atoms with Gasteiger partial charge in [-0.2, -0.15) is 0 Å². The van der Waals surface area contributed by atoms with Crippen molar-refractivity contribution in [2.24, 2.45) is 0 Å². The molecule has 0 aliphatic rings. The van der Waals surface area contributed by atoms with E-state index in [4.69, 9.17) is 12.2 Å². The molecule has 0 bridgehead atoms. The summed E-state index contributed by atoms with van der Waals surface area (Å²) in [5.41, 5.74) is 2.53. The molecule has 0 fully saturated rings. The molecule has 58 valence electrons. The van der Waals surface area contributed by atoms with Crippen molar-refractivity contribution >= 4 is 17.1 Å². The first-order valence-corrected chi connectivity index (χ1v) is 4.24. The third kappa shape index (κ3) is 2.12. The van der Waals surface area contributed by atoms with Crippen LogP contribution >= 0.6 is 12.2 Å². The third-order valence-corrected chi connectivity index (χ3v) is 2.00. The summed E-state index contributed by atoms with van der Waals surface area (Å²) in [4.78, 5) is 0.965. The lowest BCUT2D eigenvalue weighted by Gasteiger charge is -1.98. The molecule has 0 heterocycles. The van der Waals surface area contributed by atoms with E-state index >= 15 is 0 Å².